The SMILES string of the molecule is CC1=CCCC(Cl)=C1n1cnc2nc(Nc3ccc(F)cc3)sc2c1=O. The number of fused-ring (bicyclic) bond motifs is 1. The van der Waals surface area contributed by atoms with E-state index in [1.165, 1.54) is 34.4 Å². The van der Waals surface area contributed by atoms with Crippen molar-refractivity contribution < 1.29 is 4.39 Å². The van der Waals surface area contributed by atoms with Gasteiger partial charge in [0.1, 0.15) is 16.8 Å². The molecule has 0 spiro atoms. The third-order valence-electron chi connectivity index (χ3n) is 4.10. The Bertz CT molecular complexity index is 1110. The lowest BCUT2D eigenvalue weighted by Gasteiger charge is -2.17. The van der Waals surface area contributed by atoms with Gasteiger partial charge in [0.05, 0.1) is 5.70 Å². The number of halogens is 2. The van der Waals surface area contributed by atoms with E-state index in [9.17, 15) is 9.18 Å². The van der Waals surface area contributed by atoms with Gasteiger partial charge in [-0.15, -0.1) is 0 Å². The van der Waals surface area contributed by atoms with Gasteiger partial charge in [-0.2, -0.15) is 4.98 Å². The summed E-state index contributed by atoms with van der Waals surface area (Å²) in [4.78, 5) is 21.6. The van der Waals surface area contributed by atoms with Crippen LogP contribution >= 0.6 is 22.9 Å². The number of nitrogens with zero attached hydrogens (tertiary/aromatic N) is 3. The highest BCUT2D eigenvalue weighted by Gasteiger charge is 2.18. The zero-order valence-electron chi connectivity index (χ0n) is 13.8. The van der Waals surface area contributed by atoms with Gasteiger partial charge in [-0.1, -0.05) is 29.0 Å². The monoisotopic (exact) mass is 388 g/mol. The quantitative estimate of drug-likeness (QED) is 0.694. The highest BCUT2D eigenvalue weighted by atomic mass is 35.5. The maximum absolute atomic E-state index is 13.0. The molecule has 2 heterocycles. The normalized spacial score (nSPS) is 14.7. The van der Waals surface area contributed by atoms with Crippen LogP contribution < -0.4 is 10.9 Å². The number of anilines is 2. The average molecular weight is 389 g/mol. The number of aromatic nitrogens is 3. The van der Waals surface area contributed by atoms with Crippen LogP contribution in [0, 0.1) is 5.82 Å². The minimum absolute atomic E-state index is 0.206. The van der Waals surface area contributed by atoms with E-state index >= 15 is 0 Å². The predicted octanol–water partition coefficient (Wildman–Crippen LogP) is 4.88. The fourth-order valence-electron chi connectivity index (χ4n) is 2.85. The number of allylic oxidation sites excluding steroid dienone is 4. The lowest BCUT2D eigenvalue weighted by atomic mass is 10.0. The topological polar surface area (TPSA) is 59.8 Å². The molecule has 1 aliphatic rings. The molecule has 1 N–H and O–H groups in total. The van der Waals surface area contributed by atoms with Crippen molar-refractivity contribution in [2.45, 2.75) is 19.8 Å². The highest BCUT2D eigenvalue weighted by Crippen LogP contribution is 2.31. The molecule has 0 amide bonds. The van der Waals surface area contributed by atoms with Crippen LogP contribution in [0.2, 0.25) is 0 Å². The number of hydrogen-bond acceptors (Lipinski definition) is 5. The van der Waals surface area contributed by atoms with E-state index in [0.717, 1.165) is 12.0 Å². The fourth-order valence-corrected chi connectivity index (χ4v) is 4.07. The number of benzene rings is 1. The van der Waals surface area contributed by atoms with Gasteiger partial charge in [-0.25, -0.2) is 9.37 Å². The van der Waals surface area contributed by atoms with Gasteiger partial charge in [-0.05, 0) is 49.6 Å². The Morgan fingerprint density at radius 2 is 2.08 bits per heavy atom. The summed E-state index contributed by atoms with van der Waals surface area (Å²) < 4.78 is 14.9. The maximum atomic E-state index is 13.0. The first-order chi connectivity index (χ1) is 12.5. The molecular formula is C18H14ClFN4OS. The molecule has 8 heteroatoms. The molecule has 4 rings (SSSR count). The molecule has 0 atom stereocenters. The summed E-state index contributed by atoms with van der Waals surface area (Å²) in [6, 6.07) is 5.92. The lowest BCUT2D eigenvalue weighted by Crippen LogP contribution is -2.21. The molecule has 132 valence electrons. The molecule has 0 fully saturated rings. The number of rotatable bonds is 3. The molecule has 1 aromatic carbocycles. The summed E-state index contributed by atoms with van der Waals surface area (Å²) in [5.41, 5.74) is 2.50. The fraction of sp³-hybridized carbons (Fsp3) is 0.167. The molecule has 2 aromatic heterocycles. The van der Waals surface area contributed by atoms with Gasteiger partial charge in [0.2, 0.25) is 0 Å². The van der Waals surface area contributed by atoms with E-state index in [0.29, 0.717) is 38.3 Å². The second-order valence-corrected chi connectivity index (χ2v) is 7.36. The second kappa shape index (κ2) is 6.66. The van der Waals surface area contributed by atoms with Crippen molar-refractivity contribution in [2.75, 3.05) is 5.32 Å². The van der Waals surface area contributed by atoms with Crippen LogP contribution in [0.4, 0.5) is 15.2 Å². The molecule has 0 aliphatic heterocycles. The number of nitrogens with one attached hydrogen (secondary N) is 1. The van der Waals surface area contributed by atoms with Crippen LogP contribution in [-0.4, -0.2) is 14.5 Å². The van der Waals surface area contributed by atoms with E-state index in [2.05, 4.69) is 21.4 Å². The number of hydrogen-bond donors (Lipinski definition) is 1. The molecule has 0 saturated carbocycles. The molecule has 1 aliphatic carbocycles. The Morgan fingerprint density at radius 1 is 1.31 bits per heavy atom. The van der Waals surface area contributed by atoms with Crippen LogP contribution in [0.3, 0.4) is 0 Å². The van der Waals surface area contributed by atoms with Gasteiger partial charge in [0.15, 0.2) is 10.8 Å². The van der Waals surface area contributed by atoms with Crippen molar-refractivity contribution in [3.8, 4) is 0 Å². The average Bonchev–Trinajstić information content (AvgIpc) is 3.02. The summed E-state index contributed by atoms with van der Waals surface area (Å²) in [6.45, 7) is 1.93. The Morgan fingerprint density at radius 3 is 2.81 bits per heavy atom. The Kier molecular flexibility index (Phi) is 4.34. The summed E-state index contributed by atoms with van der Waals surface area (Å²) in [5.74, 6) is -0.314. The van der Waals surface area contributed by atoms with Crippen LogP contribution in [0.25, 0.3) is 16.0 Å². The van der Waals surface area contributed by atoms with E-state index in [4.69, 9.17) is 11.6 Å². The standard InChI is InChI=1S/C18H14ClFN4OS/c1-10-3-2-4-13(19)14(10)24-9-21-16-15(17(24)25)26-18(23-16)22-12-7-5-11(20)6-8-12/h3,5-9H,2,4H2,1H3,(H,22,23). The summed E-state index contributed by atoms with van der Waals surface area (Å²) in [6.07, 6.45) is 5.10. The summed E-state index contributed by atoms with van der Waals surface area (Å²) in [5, 5.41) is 4.24. The molecule has 0 bridgehead atoms. The van der Waals surface area contributed by atoms with E-state index in [1.807, 2.05) is 6.92 Å². The first kappa shape index (κ1) is 16.9. The Balaban J connectivity index is 1.76. The minimum Gasteiger partial charge on any atom is -0.331 e. The van der Waals surface area contributed by atoms with Gasteiger partial charge in [0, 0.05) is 10.7 Å². The van der Waals surface area contributed by atoms with Crippen molar-refractivity contribution >= 4 is 49.8 Å². The van der Waals surface area contributed by atoms with Crippen molar-refractivity contribution in [3.63, 3.8) is 0 Å². The Hall–Kier alpha value is -2.51. The summed E-state index contributed by atoms with van der Waals surface area (Å²) in [7, 11) is 0. The molecule has 5 nitrogen and oxygen atoms in total. The lowest BCUT2D eigenvalue weighted by molar-refractivity contribution is 0.628. The van der Waals surface area contributed by atoms with E-state index in [-0.39, 0.29) is 11.4 Å². The molecule has 0 unspecified atom stereocenters. The van der Waals surface area contributed by atoms with E-state index in [1.54, 1.807) is 12.1 Å². The van der Waals surface area contributed by atoms with Crippen molar-refractivity contribution in [3.05, 3.63) is 63.4 Å². The third kappa shape index (κ3) is 3.04. The van der Waals surface area contributed by atoms with Crippen LogP contribution in [-0.2, 0) is 0 Å². The van der Waals surface area contributed by atoms with Gasteiger partial charge in [-0.3, -0.25) is 9.36 Å². The predicted molar refractivity (Wildman–Crippen MR) is 103 cm³/mol. The second-order valence-electron chi connectivity index (χ2n) is 5.90. The van der Waals surface area contributed by atoms with E-state index < -0.39 is 0 Å². The smallest absolute Gasteiger partial charge is 0.277 e. The first-order valence-electron chi connectivity index (χ1n) is 8.00. The molecular weight excluding hydrogens is 375 g/mol. The highest BCUT2D eigenvalue weighted by molar-refractivity contribution is 7.22. The Labute approximate surface area is 157 Å². The van der Waals surface area contributed by atoms with Gasteiger partial charge in [0.25, 0.3) is 5.56 Å². The van der Waals surface area contributed by atoms with Gasteiger partial charge < -0.3 is 5.32 Å². The molecule has 3 aromatic rings. The molecule has 0 radical (unpaired) electrons. The van der Waals surface area contributed by atoms with Crippen molar-refractivity contribution in [2.24, 2.45) is 0 Å². The molecule has 0 saturated heterocycles. The zero-order valence-corrected chi connectivity index (χ0v) is 15.4. The molecule has 26 heavy (non-hydrogen) atoms. The summed E-state index contributed by atoms with van der Waals surface area (Å²) >= 11 is 7.56. The van der Waals surface area contributed by atoms with Crippen LogP contribution in [0.1, 0.15) is 19.8 Å². The largest absolute Gasteiger partial charge is 0.331 e. The van der Waals surface area contributed by atoms with Crippen molar-refractivity contribution in [1.82, 2.24) is 14.5 Å². The van der Waals surface area contributed by atoms with Crippen molar-refractivity contribution in [1.29, 1.82) is 0 Å². The van der Waals surface area contributed by atoms with Crippen LogP contribution in [0.5, 0.6) is 0 Å². The van der Waals surface area contributed by atoms with Crippen LogP contribution in [0.15, 0.2) is 52.1 Å². The first-order valence-corrected chi connectivity index (χ1v) is 9.19. The van der Waals surface area contributed by atoms with Gasteiger partial charge >= 0.3 is 0 Å². The maximum Gasteiger partial charge on any atom is 0.277 e. The zero-order chi connectivity index (χ0) is 18.3. The third-order valence-corrected chi connectivity index (χ3v) is 5.42. The number of thiazole rings is 1. The minimum atomic E-state index is -0.314.